The van der Waals surface area contributed by atoms with Crippen molar-refractivity contribution < 1.29 is 1.43 Å². The summed E-state index contributed by atoms with van der Waals surface area (Å²) >= 11 is 5.08. The SMILES string of the molecule is CCCCCCNc1c(N(C)CC)c(=O)c1=S.[HH]. The number of hydrogen-bond acceptors (Lipinski definition) is 4. The molecule has 0 amide bonds. The lowest BCUT2D eigenvalue weighted by Crippen LogP contribution is -2.29. The Morgan fingerprint density at radius 2 is 2.00 bits per heavy atom. The highest BCUT2D eigenvalue weighted by atomic mass is 32.1. The summed E-state index contributed by atoms with van der Waals surface area (Å²) in [4.78, 5) is 13.6. The second kappa shape index (κ2) is 6.74. The van der Waals surface area contributed by atoms with E-state index in [1.54, 1.807) is 0 Å². The average Bonchev–Trinajstić information content (AvgIpc) is 2.35. The van der Waals surface area contributed by atoms with Crippen LogP contribution in [0.4, 0.5) is 11.4 Å². The second-order valence-corrected chi connectivity index (χ2v) is 4.79. The molecule has 0 atom stereocenters. The molecule has 3 nitrogen and oxygen atoms in total. The molecule has 0 saturated heterocycles. The molecule has 0 aliphatic carbocycles. The van der Waals surface area contributed by atoms with Crippen LogP contribution in [0.25, 0.3) is 0 Å². The summed E-state index contributed by atoms with van der Waals surface area (Å²) in [6.45, 7) is 5.96. The normalized spacial score (nSPS) is 10.8. The van der Waals surface area contributed by atoms with Crippen LogP contribution >= 0.6 is 12.2 Å². The van der Waals surface area contributed by atoms with E-state index in [0.29, 0.717) is 4.51 Å². The molecule has 1 rings (SSSR count). The predicted octanol–water partition coefficient (Wildman–Crippen LogP) is 3.35. The number of anilines is 2. The van der Waals surface area contributed by atoms with Crippen LogP contribution in [0.15, 0.2) is 4.79 Å². The van der Waals surface area contributed by atoms with E-state index in [0.717, 1.165) is 30.9 Å². The molecule has 0 fully saturated rings. The van der Waals surface area contributed by atoms with Crippen LogP contribution in [0, 0.1) is 4.51 Å². The van der Waals surface area contributed by atoms with Gasteiger partial charge < -0.3 is 10.2 Å². The molecule has 0 radical (unpaired) electrons. The first kappa shape index (κ1) is 14.2. The van der Waals surface area contributed by atoms with Crippen LogP contribution in [0.3, 0.4) is 0 Å². The van der Waals surface area contributed by atoms with Crippen molar-refractivity contribution in [3.8, 4) is 0 Å². The van der Waals surface area contributed by atoms with Gasteiger partial charge in [0.05, 0.1) is 5.69 Å². The van der Waals surface area contributed by atoms with E-state index in [9.17, 15) is 4.79 Å². The number of rotatable bonds is 8. The van der Waals surface area contributed by atoms with Gasteiger partial charge in [0.2, 0.25) is 5.43 Å². The Hall–Kier alpha value is -0.900. The third-order valence-electron chi connectivity index (χ3n) is 3.07. The Labute approximate surface area is 110 Å². The lowest BCUT2D eigenvalue weighted by molar-refractivity contribution is 0.684. The lowest BCUT2D eigenvalue weighted by Gasteiger charge is -2.23. The van der Waals surface area contributed by atoms with Crippen molar-refractivity contribution in [1.82, 2.24) is 0 Å². The van der Waals surface area contributed by atoms with Gasteiger partial charge in [-0.15, -0.1) is 0 Å². The lowest BCUT2D eigenvalue weighted by atomic mass is 10.1. The number of nitrogens with zero attached hydrogens (tertiary/aromatic N) is 1. The Bertz CT molecular complexity index is 427. The summed E-state index contributed by atoms with van der Waals surface area (Å²) in [5.41, 5.74) is 1.65. The van der Waals surface area contributed by atoms with E-state index < -0.39 is 0 Å². The first-order chi connectivity index (χ1) is 8.13. The van der Waals surface area contributed by atoms with E-state index in [2.05, 4.69) is 12.2 Å². The van der Waals surface area contributed by atoms with Gasteiger partial charge in [0.15, 0.2) is 0 Å². The quantitative estimate of drug-likeness (QED) is 0.571. The molecule has 98 valence electrons. The van der Waals surface area contributed by atoms with Crippen molar-refractivity contribution in [3.63, 3.8) is 0 Å². The maximum Gasteiger partial charge on any atom is 0.224 e. The molecular weight excluding hydrogens is 232 g/mol. The van der Waals surface area contributed by atoms with Crippen LogP contribution < -0.4 is 15.6 Å². The summed E-state index contributed by atoms with van der Waals surface area (Å²) < 4.78 is 0.468. The zero-order valence-corrected chi connectivity index (χ0v) is 11.8. The fourth-order valence-corrected chi connectivity index (χ4v) is 2.10. The average molecular weight is 256 g/mol. The molecule has 0 unspecified atom stereocenters. The summed E-state index contributed by atoms with van der Waals surface area (Å²) in [5.74, 6) is 0. The maximum atomic E-state index is 11.6. The van der Waals surface area contributed by atoms with E-state index in [4.69, 9.17) is 12.2 Å². The van der Waals surface area contributed by atoms with E-state index in [-0.39, 0.29) is 6.86 Å². The number of unbranched alkanes of at least 4 members (excludes halogenated alkanes) is 3. The van der Waals surface area contributed by atoms with Crippen molar-refractivity contribution in [2.45, 2.75) is 39.5 Å². The molecular formula is C13H24N2OS. The standard InChI is InChI=1S/C13H22N2OS.H2/c1-4-6-7-8-9-14-10-11(15(3)5-2)12(16)13(10)17;/h14H,4-9H2,1-3H3;1H. The largest absolute Gasteiger partial charge is 0.382 e. The summed E-state index contributed by atoms with van der Waals surface area (Å²) in [7, 11) is 1.92. The second-order valence-electron chi connectivity index (χ2n) is 4.38. The summed E-state index contributed by atoms with van der Waals surface area (Å²) in [6.07, 6.45) is 4.88. The molecule has 0 saturated carbocycles. The van der Waals surface area contributed by atoms with E-state index in [1.165, 1.54) is 19.3 Å². The molecule has 1 aromatic rings. The van der Waals surface area contributed by atoms with Crippen LogP contribution in [-0.2, 0) is 0 Å². The Morgan fingerprint density at radius 1 is 1.29 bits per heavy atom. The van der Waals surface area contributed by atoms with Crippen molar-refractivity contribution >= 4 is 23.6 Å². The van der Waals surface area contributed by atoms with Gasteiger partial charge in [-0.25, -0.2) is 0 Å². The Kier molecular flexibility index (Phi) is 5.62. The molecule has 0 aliphatic rings. The van der Waals surface area contributed by atoms with Gasteiger partial charge >= 0.3 is 0 Å². The first-order valence-electron chi connectivity index (χ1n) is 6.41. The third kappa shape index (κ3) is 3.28. The van der Waals surface area contributed by atoms with Gasteiger partial charge in [-0.1, -0.05) is 38.4 Å². The molecule has 4 heteroatoms. The van der Waals surface area contributed by atoms with Gasteiger partial charge in [0.25, 0.3) is 0 Å². The topological polar surface area (TPSA) is 32.3 Å². The molecule has 17 heavy (non-hydrogen) atoms. The minimum atomic E-state index is 0. The molecule has 0 bridgehead atoms. The molecule has 1 aromatic carbocycles. The van der Waals surface area contributed by atoms with Gasteiger partial charge in [0, 0.05) is 21.6 Å². The van der Waals surface area contributed by atoms with E-state index in [1.807, 2.05) is 18.9 Å². The fraction of sp³-hybridized carbons (Fsp3) is 0.692. The van der Waals surface area contributed by atoms with Gasteiger partial charge in [-0.2, -0.15) is 0 Å². The smallest absolute Gasteiger partial charge is 0.224 e. The van der Waals surface area contributed by atoms with Gasteiger partial charge in [-0.05, 0) is 13.3 Å². The van der Waals surface area contributed by atoms with E-state index >= 15 is 0 Å². The third-order valence-corrected chi connectivity index (χ3v) is 3.46. The molecule has 0 heterocycles. The Morgan fingerprint density at radius 3 is 2.59 bits per heavy atom. The van der Waals surface area contributed by atoms with Crippen LogP contribution in [-0.4, -0.2) is 20.1 Å². The van der Waals surface area contributed by atoms with Crippen molar-refractivity contribution in [2.75, 3.05) is 30.4 Å². The zero-order valence-electron chi connectivity index (χ0n) is 11.0. The predicted molar refractivity (Wildman–Crippen MR) is 79.6 cm³/mol. The molecule has 0 aromatic heterocycles. The Balaban J connectivity index is 0.00000289. The van der Waals surface area contributed by atoms with Crippen LogP contribution in [0.2, 0.25) is 0 Å². The number of nitrogens with one attached hydrogen (secondary N) is 1. The highest BCUT2D eigenvalue weighted by Crippen LogP contribution is 2.25. The zero-order chi connectivity index (χ0) is 12.8. The minimum Gasteiger partial charge on any atom is -0.382 e. The summed E-state index contributed by atoms with van der Waals surface area (Å²) in [5, 5.41) is 3.30. The van der Waals surface area contributed by atoms with Gasteiger partial charge in [-0.3, -0.25) is 4.79 Å². The monoisotopic (exact) mass is 256 g/mol. The molecule has 0 aliphatic heterocycles. The van der Waals surface area contributed by atoms with Gasteiger partial charge in [0.1, 0.15) is 10.2 Å². The van der Waals surface area contributed by atoms with Crippen molar-refractivity contribution in [3.05, 3.63) is 14.7 Å². The first-order valence-corrected chi connectivity index (χ1v) is 6.82. The highest BCUT2D eigenvalue weighted by Gasteiger charge is 2.19. The fourth-order valence-electron chi connectivity index (χ4n) is 1.83. The highest BCUT2D eigenvalue weighted by molar-refractivity contribution is 7.71. The maximum absolute atomic E-state index is 11.6. The number of hydrogen-bond donors (Lipinski definition) is 1. The minimum absolute atomic E-state index is 0. The molecule has 1 N–H and O–H groups in total. The van der Waals surface area contributed by atoms with Crippen molar-refractivity contribution in [1.29, 1.82) is 0 Å². The van der Waals surface area contributed by atoms with Crippen molar-refractivity contribution in [2.24, 2.45) is 0 Å². The van der Waals surface area contributed by atoms with Crippen LogP contribution in [0.5, 0.6) is 0 Å². The van der Waals surface area contributed by atoms with Crippen LogP contribution in [0.1, 0.15) is 41.0 Å². The molecule has 0 spiro atoms. The summed E-state index contributed by atoms with van der Waals surface area (Å²) in [6, 6.07) is 0.